The summed E-state index contributed by atoms with van der Waals surface area (Å²) < 4.78 is 6.55. The molecule has 2 aromatic rings. The molecule has 6 nitrogen and oxygen atoms in total. The molecular formula is C19H13Br2NO5. The fourth-order valence-corrected chi connectivity index (χ4v) is 3.33. The molecule has 0 saturated heterocycles. The zero-order valence-electron chi connectivity index (χ0n) is 14.1. The summed E-state index contributed by atoms with van der Waals surface area (Å²) in [6.45, 7) is 1.00. The van der Waals surface area contributed by atoms with Crippen molar-refractivity contribution in [2.24, 2.45) is 0 Å². The molecule has 1 heterocycles. The summed E-state index contributed by atoms with van der Waals surface area (Å²) in [7, 11) is 0. The van der Waals surface area contributed by atoms with E-state index >= 15 is 0 Å². The summed E-state index contributed by atoms with van der Waals surface area (Å²) in [5.41, 5.74) is 0.970. The highest BCUT2D eigenvalue weighted by molar-refractivity contribution is 9.10. The van der Waals surface area contributed by atoms with E-state index in [0.717, 1.165) is 9.37 Å². The van der Waals surface area contributed by atoms with E-state index in [1.54, 1.807) is 36.4 Å². The van der Waals surface area contributed by atoms with Crippen molar-refractivity contribution in [2.45, 2.75) is 13.0 Å². The summed E-state index contributed by atoms with van der Waals surface area (Å²) in [6.07, 6.45) is 0. The van der Waals surface area contributed by atoms with E-state index in [9.17, 15) is 19.2 Å². The van der Waals surface area contributed by atoms with Gasteiger partial charge in [0.2, 0.25) is 0 Å². The van der Waals surface area contributed by atoms with Crippen LogP contribution in [0.4, 0.5) is 5.69 Å². The number of Topliss-reactive ketones (excluding diaryl/α,β-unsaturated/α-hetero) is 2. The number of fused-ring (bicyclic) bond motifs is 1. The van der Waals surface area contributed by atoms with Crippen molar-refractivity contribution in [3.8, 4) is 0 Å². The van der Waals surface area contributed by atoms with Gasteiger partial charge in [0.05, 0.1) is 11.3 Å². The maximum atomic E-state index is 12.4. The standard InChI is InChI=1S/C19H13Br2NO5/c1-10(19(26)27-9-16(23)11-2-4-12(20)5-3-11)22-15-7-6-13(21)8-14(15)17(24)18(22)25/h2-8,10H,9H2,1H3. The predicted molar refractivity (Wildman–Crippen MR) is 105 cm³/mol. The van der Waals surface area contributed by atoms with Crippen LogP contribution in [0.25, 0.3) is 0 Å². The van der Waals surface area contributed by atoms with Crippen LogP contribution in [0.15, 0.2) is 51.4 Å². The minimum absolute atomic E-state index is 0.222. The summed E-state index contributed by atoms with van der Waals surface area (Å²) in [4.78, 5) is 50.0. The second-order valence-corrected chi connectivity index (χ2v) is 7.71. The van der Waals surface area contributed by atoms with Gasteiger partial charge in [-0.15, -0.1) is 0 Å². The average Bonchev–Trinajstić information content (AvgIpc) is 2.90. The highest BCUT2D eigenvalue weighted by atomic mass is 79.9. The van der Waals surface area contributed by atoms with Gasteiger partial charge in [-0.05, 0) is 37.3 Å². The smallest absolute Gasteiger partial charge is 0.329 e. The van der Waals surface area contributed by atoms with Crippen molar-refractivity contribution in [1.82, 2.24) is 0 Å². The topological polar surface area (TPSA) is 80.8 Å². The van der Waals surface area contributed by atoms with Crippen LogP contribution in [0.2, 0.25) is 0 Å². The number of halogens is 2. The fraction of sp³-hybridized carbons (Fsp3) is 0.158. The highest BCUT2D eigenvalue weighted by Crippen LogP contribution is 2.33. The Kier molecular flexibility index (Phi) is 5.57. The van der Waals surface area contributed by atoms with Crippen molar-refractivity contribution in [3.63, 3.8) is 0 Å². The Balaban J connectivity index is 1.71. The largest absolute Gasteiger partial charge is 0.456 e. The highest BCUT2D eigenvalue weighted by Gasteiger charge is 2.41. The van der Waals surface area contributed by atoms with Crippen molar-refractivity contribution < 1.29 is 23.9 Å². The number of benzene rings is 2. The average molecular weight is 495 g/mol. The lowest BCUT2D eigenvalue weighted by Crippen LogP contribution is -2.43. The molecule has 0 bridgehead atoms. The second-order valence-electron chi connectivity index (χ2n) is 5.88. The number of ketones is 2. The second kappa shape index (κ2) is 7.74. The van der Waals surface area contributed by atoms with E-state index in [2.05, 4.69) is 31.9 Å². The number of carbonyl (C=O) groups excluding carboxylic acids is 4. The van der Waals surface area contributed by atoms with E-state index in [1.165, 1.54) is 13.0 Å². The summed E-state index contributed by atoms with van der Waals surface area (Å²) >= 11 is 6.53. The molecule has 1 aliphatic heterocycles. The van der Waals surface area contributed by atoms with Crippen LogP contribution in [0.1, 0.15) is 27.6 Å². The molecule has 0 aliphatic carbocycles. The van der Waals surface area contributed by atoms with Crippen molar-refractivity contribution in [2.75, 3.05) is 11.5 Å². The number of rotatable bonds is 5. The fourth-order valence-electron chi connectivity index (χ4n) is 2.70. The Labute approximate surface area is 171 Å². The molecule has 0 N–H and O–H groups in total. The number of amides is 1. The molecule has 0 aromatic heterocycles. The van der Waals surface area contributed by atoms with E-state index in [4.69, 9.17) is 4.74 Å². The first kappa shape index (κ1) is 19.4. The number of carbonyl (C=O) groups is 4. The van der Waals surface area contributed by atoms with Gasteiger partial charge < -0.3 is 4.74 Å². The Morgan fingerprint density at radius 1 is 1.04 bits per heavy atom. The van der Waals surface area contributed by atoms with Gasteiger partial charge in [0, 0.05) is 14.5 Å². The maximum absolute atomic E-state index is 12.4. The lowest BCUT2D eigenvalue weighted by molar-refractivity contribution is -0.144. The molecule has 1 aliphatic rings. The van der Waals surface area contributed by atoms with Crippen molar-refractivity contribution >= 4 is 61.0 Å². The van der Waals surface area contributed by atoms with Gasteiger partial charge in [-0.2, -0.15) is 0 Å². The minimum Gasteiger partial charge on any atom is -0.456 e. The SMILES string of the molecule is CC(C(=O)OCC(=O)c1ccc(Br)cc1)N1C(=O)C(=O)c2cc(Br)ccc21. The van der Waals surface area contributed by atoms with Crippen LogP contribution < -0.4 is 4.90 Å². The molecule has 0 radical (unpaired) electrons. The molecule has 0 spiro atoms. The Morgan fingerprint density at radius 3 is 2.33 bits per heavy atom. The Morgan fingerprint density at radius 2 is 1.67 bits per heavy atom. The number of ether oxygens (including phenoxy) is 1. The number of hydrogen-bond donors (Lipinski definition) is 0. The summed E-state index contributed by atoms with van der Waals surface area (Å²) in [5.74, 6) is -2.61. The first-order valence-electron chi connectivity index (χ1n) is 7.92. The van der Waals surface area contributed by atoms with Crippen LogP contribution in [0, 0.1) is 0 Å². The third-order valence-corrected chi connectivity index (χ3v) is 5.14. The van der Waals surface area contributed by atoms with Crippen LogP contribution in [-0.4, -0.2) is 36.1 Å². The molecule has 3 rings (SSSR count). The molecule has 1 atom stereocenters. The van der Waals surface area contributed by atoms with Crippen LogP contribution in [0.3, 0.4) is 0 Å². The molecule has 8 heteroatoms. The molecule has 1 unspecified atom stereocenters. The summed E-state index contributed by atoms with van der Waals surface area (Å²) in [6, 6.07) is 10.4. The Hall–Kier alpha value is -2.32. The van der Waals surface area contributed by atoms with Crippen molar-refractivity contribution in [1.29, 1.82) is 0 Å². The Bertz CT molecular complexity index is 955. The zero-order valence-corrected chi connectivity index (χ0v) is 17.2. The van der Waals surface area contributed by atoms with Gasteiger partial charge in [0.15, 0.2) is 12.4 Å². The molecule has 138 valence electrons. The minimum atomic E-state index is -1.04. The van der Waals surface area contributed by atoms with E-state index in [-0.39, 0.29) is 11.3 Å². The van der Waals surface area contributed by atoms with Gasteiger partial charge in [-0.1, -0.05) is 44.0 Å². The van der Waals surface area contributed by atoms with Crippen molar-refractivity contribution in [3.05, 3.63) is 62.5 Å². The third-order valence-electron chi connectivity index (χ3n) is 4.12. The number of nitrogens with zero attached hydrogens (tertiary/aromatic N) is 1. The van der Waals surface area contributed by atoms with Gasteiger partial charge in [0.1, 0.15) is 6.04 Å². The molecular weight excluding hydrogens is 482 g/mol. The molecule has 0 saturated carbocycles. The monoisotopic (exact) mass is 493 g/mol. The molecule has 2 aromatic carbocycles. The van der Waals surface area contributed by atoms with Gasteiger partial charge in [0.25, 0.3) is 11.7 Å². The van der Waals surface area contributed by atoms with E-state index in [0.29, 0.717) is 15.7 Å². The van der Waals surface area contributed by atoms with E-state index < -0.39 is 30.3 Å². The normalized spacial score (nSPS) is 14.1. The lowest BCUT2D eigenvalue weighted by Gasteiger charge is -2.22. The maximum Gasteiger partial charge on any atom is 0.329 e. The molecule has 0 fully saturated rings. The molecule has 1 amide bonds. The first-order chi connectivity index (χ1) is 12.8. The van der Waals surface area contributed by atoms with Gasteiger partial charge >= 0.3 is 5.97 Å². The first-order valence-corrected chi connectivity index (χ1v) is 9.51. The van der Waals surface area contributed by atoms with Crippen LogP contribution in [-0.2, 0) is 14.3 Å². The van der Waals surface area contributed by atoms with Crippen LogP contribution in [0.5, 0.6) is 0 Å². The van der Waals surface area contributed by atoms with Gasteiger partial charge in [-0.25, -0.2) is 4.79 Å². The van der Waals surface area contributed by atoms with Crippen LogP contribution >= 0.6 is 31.9 Å². The molecule has 27 heavy (non-hydrogen) atoms. The number of anilines is 1. The summed E-state index contributed by atoms with van der Waals surface area (Å²) in [5, 5.41) is 0. The quantitative estimate of drug-likeness (QED) is 0.360. The number of hydrogen-bond acceptors (Lipinski definition) is 5. The van der Waals surface area contributed by atoms with Gasteiger partial charge in [-0.3, -0.25) is 19.3 Å². The third kappa shape index (κ3) is 3.86. The zero-order chi connectivity index (χ0) is 19.7. The predicted octanol–water partition coefficient (Wildman–Crippen LogP) is 3.56. The lowest BCUT2D eigenvalue weighted by atomic mass is 10.1. The van der Waals surface area contributed by atoms with E-state index in [1.807, 2.05) is 0 Å². The number of esters is 1.